The van der Waals surface area contributed by atoms with Gasteiger partial charge in [-0.15, -0.1) is 0 Å². The highest BCUT2D eigenvalue weighted by molar-refractivity contribution is 7.92. The Labute approximate surface area is 184 Å². The maximum atomic E-state index is 13.0. The van der Waals surface area contributed by atoms with Gasteiger partial charge in [-0.2, -0.15) is 0 Å². The van der Waals surface area contributed by atoms with Gasteiger partial charge >= 0.3 is 4.87 Å². The van der Waals surface area contributed by atoms with Crippen LogP contribution >= 0.6 is 11.3 Å². The highest BCUT2D eigenvalue weighted by Gasteiger charge is 2.20. The van der Waals surface area contributed by atoms with Crippen molar-refractivity contribution in [3.63, 3.8) is 0 Å². The molecule has 1 amide bonds. The van der Waals surface area contributed by atoms with Crippen LogP contribution in [-0.4, -0.2) is 39.2 Å². The Morgan fingerprint density at radius 2 is 1.94 bits per heavy atom. The molecular weight excluding hydrogens is 438 g/mol. The minimum atomic E-state index is -3.97. The molecular formula is C21H25N3O5S2. The minimum absolute atomic E-state index is 0.0208. The molecule has 0 bridgehead atoms. The van der Waals surface area contributed by atoms with E-state index in [4.69, 9.17) is 4.74 Å². The third-order valence-electron chi connectivity index (χ3n) is 4.64. The number of carbonyl (C=O) groups is 1. The Morgan fingerprint density at radius 3 is 2.65 bits per heavy atom. The molecule has 8 nitrogen and oxygen atoms in total. The second-order valence-electron chi connectivity index (χ2n) is 7.21. The number of benzene rings is 2. The molecule has 3 aromatic rings. The molecule has 2 N–H and O–H groups in total. The zero-order valence-corrected chi connectivity index (χ0v) is 19.2. The average Bonchev–Trinajstić information content (AvgIpc) is 3.06. The summed E-state index contributed by atoms with van der Waals surface area (Å²) in [5.41, 5.74) is 1.10. The first-order chi connectivity index (χ1) is 14.7. The number of aromatic nitrogens is 1. The molecule has 3 rings (SSSR count). The number of ether oxygens (including phenoxy) is 1. The van der Waals surface area contributed by atoms with E-state index in [2.05, 4.69) is 10.0 Å². The molecule has 1 aromatic heterocycles. The molecule has 166 valence electrons. The van der Waals surface area contributed by atoms with Gasteiger partial charge in [-0.3, -0.25) is 18.9 Å². The number of thiazole rings is 1. The largest absolute Gasteiger partial charge is 0.385 e. The maximum absolute atomic E-state index is 13.0. The van der Waals surface area contributed by atoms with Crippen molar-refractivity contribution in [2.24, 2.45) is 0 Å². The highest BCUT2D eigenvalue weighted by Crippen LogP contribution is 2.26. The Balaban J connectivity index is 1.88. The fraction of sp³-hybridized carbons (Fsp3) is 0.333. The van der Waals surface area contributed by atoms with E-state index in [9.17, 15) is 18.0 Å². The van der Waals surface area contributed by atoms with Crippen molar-refractivity contribution in [3.05, 3.63) is 57.7 Å². The molecule has 0 radical (unpaired) electrons. The van der Waals surface area contributed by atoms with Crippen LogP contribution in [0, 0.1) is 0 Å². The predicted octanol–water partition coefficient (Wildman–Crippen LogP) is 3.21. The average molecular weight is 464 g/mol. The summed E-state index contributed by atoms with van der Waals surface area (Å²) in [6.45, 7) is 4.73. The molecule has 0 spiro atoms. The third-order valence-corrected chi connectivity index (χ3v) is 6.92. The summed E-state index contributed by atoms with van der Waals surface area (Å²) in [4.78, 5) is 24.6. The number of carbonyl (C=O) groups excluding carboxylic acids is 1. The quantitative estimate of drug-likeness (QED) is 0.474. The molecule has 0 unspecified atom stereocenters. The van der Waals surface area contributed by atoms with Crippen LogP contribution in [0.2, 0.25) is 0 Å². The number of amides is 1. The second-order valence-corrected chi connectivity index (χ2v) is 9.89. The van der Waals surface area contributed by atoms with Gasteiger partial charge < -0.3 is 10.1 Å². The molecule has 2 aromatic carbocycles. The topological polar surface area (TPSA) is 106 Å². The van der Waals surface area contributed by atoms with Crippen molar-refractivity contribution in [1.82, 2.24) is 9.88 Å². The summed E-state index contributed by atoms with van der Waals surface area (Å²) < 4.78 is 35.7. The molecule has 31 heavy (non-hydrogen) atoms. The van der Waals surface area contributed by atoms with Gasteiger partial charge in [-0.25, -0.2) is 8.42 Å². The van der Waals surface area contributed by atoms with E-state index in [1.165, 1.54) is 18.2 Å². The number of hydrogen-bond donors (Lipinski definition) is 2. The van der Waals surface area contributed by atoms with Crippen LogP contribution in [0.1, 0.15) is 36.7 Å². The fourth-order valence-corrected chi connectivity index (χ4v) is 5.39. The number of anilines is 1. The SMILES string of the molecule is COCCCNC(=O)c1ccccc1NS(=O)(=O)c1ccc2c(c1)sc(=O)n2C(C)C. The molecule has 0 saturated carbocycles. The van der Waals surface area contributed by atoms with Gasteiger partial charge in [-0.1, -0.05) is 23.5 Å². The molecule has 0 aliphatic rings. The summed E-state index contributed by atoms with van der Waals surface area (Å²) >= 11 is 1.01. The van der Waals surface area contributed by atoms with E-state index in [1.54, 1.807) is 35.9 Å². The van der Waals surface area contributed by atoms with Crippen molar-refractivity contribution in [3.8, 4) is 0 Å². The van der Waals surface area contributed by atoms with E-state index in [1.807, 2.05) is 13.8 Å². The maximum Gasteiger partial charge on any atom is 0.308 e. The lowest BCUT2D eigenvalue weighted by molar-refractivity contribution is 0.0949. The lowest BCUT2D eigenvalue weighted by atomic mass is 10.1. The smallest absolute Gasteiger partial charge is 0.308 e. The van der Waals surface area contributed by atoms with Gasteiger partial charge in [0.2, 0.25) is 0 Å². The fourth-order valence-electron chi connectivity index (χ4n) is 3.16. The first kappa shape index (κ1) is 23.0. The summed E-state index contributed by atoms with van der Waals surface area (Å²) in [6, 6.07) is 11.0. The number of para-hydroxylation sites is 1. The number of methoxy groups -OCH3 is 1. The van der Waals surface area contributed by atoms with Crippen molar-refractivity contribution in [2.45, 2.75) is 31.2 Å². The zero-order chi connectivity index (χ0) is 22.6. The van der Waals surface area contributed by atoms with Crippen LogP contribution in [0.4, 0.5) is 5.69 Å². The minimum Gasteiger partial charge on any atom is -0.385 e. The number of sulfonamides is 1. The summed E-state index contributed by atoms with van der Waals surface area (Å²) in [5, 5.41) is 2.75. The van der Waals surface area contributed by atoms with Crippen LogP contribution in [0.15, 0.2) is 52.2 Å². The van der Waals surface area contributed by atoms with Gasteiger partial charge in [0.05, 0.1) is 26.4 Å². The molecule has 0 aliphatic carbocycles. The first-order valence-corrected chi connectivity index (χ1v) is 12.1. The zero-order valence-electron chi connectivity index (χ0n) is 17.5. The summed E-state index contributed by atoms with van der Waals surface area (Å²) in [7, 11) is -2.39. The van der Waals surface area contributed by atoms with Crippen molar-refractivity contribution in [2.75, 3.05) is 25.0 Å². The van der Waals surface area contributed by atoms with Gasteiger partial charge in [-0.05, 0) is 50.6 Å². The molecule has 0 atom stereocenters. The van der Waals surface area contributed by atoms with Gasteiger partial charge in [0.15, 0.2) is 0 Å². The molecule has 0 aliphatic heterocycles. The van der Waals surface area contributed by atoms with Gasteiger partial charge in [0, 0.05) is 26.3 Å². The molecule has 10 heteroatoms. The van der Waals surface area contributed by atoms with Crippen molar-refractivity contribution >= 4 is 43.2 Å². The number of nitrogens with zero attached hydrogens (tertiary/aromatic N) is 1. The molecule has 0 saturated heterocycles. The predicted molar refractivity (Wildman–Crippen MR) is 123 cm³/mol. The van der Waals surface area contributed by atoms with Crippen molar-refractivity contribution in [1.29, 1.82) is 0 Å². The normalized spacial score (nSPS) is 11.7. The van der Waals surface area contributed by atoms with E-state index in [-0.39, 0.29) is 33.0 Å². The van der Waals surface area contributed by atoms with Crippen LogP contribution in [-0.2, 0) is 14.8 Å². The van der Waals surface area contributed by atoms with Gasteiger partial charge in [0.1, 0.15) is 0 Å². The number of hydrogen-bond acceptors (Lipinski definition) is 6. The lowest BCUT2D eigenvalue weighted by Crippen LogP contribution is -2.26. The number of nitrogens with one attached hydrogen (secondary N) is 2. The monoisotopic (exact) mass is 463 g/mol. The highest BCUT2D eigenvalue weighted by atomic mass is 32.2. The molecule has 1 heterocycles. The van der Waals surface area contributed by atoms with Crippen LogP contribution in [0.5, 0.6) is 0 Å². The van der Waals surface area contributed by atoms with E-state index in [0.717, 1.165) is 11.3 Å². The summed E-state index contributed by atoms with van der Waals surface area (Å²) in [6.07, 6.45) is 0.648. The van der Waals surface area contributed by atoms with Crippen LogP contribution in [0.3, 0.4) is 0 Å². The Hall–Kier alpha value is -2.69. The van der Waals surface area contributed by atoms with Crippen molar-refractivity contribution < 1.29 is 17.9 Å². The Kier molecular flexibility index (Phi) is 7.14. The molecule has 0 fully saturated rings. The summed E-state index contributed by atoms with van der Waals surface area (Å²) in [5.74, 6) is -0.378. The number of fused-ring (bicyclic) bond motifs is 1. The number of rotatable bonds is 9. The van der Waals surface area contributed by atoms with E-state index >= 15 is 0 Å². The third kappa shape index (κ3) is 5.15. The second kappa shape index (κ2) is 9.63. The first-order valence-electron chi connectivity index (χ1n) is 9.78. The standard InChI is InChI=1S/C21H25N3O5S2/c1-14(2)24-18-10-9-15(13-19(18)30-21(24)26)31(27,28)23-17-8-5-4-7-16(17)20(25)22-11-6-12-29-3/h4-5,7-10,13-14,23H,6,11-12H2,1-3H3,(H,22,25). The Bertz CT molecular complexity index is 1250. The van der Waals surface area contributed by atoms with Gasteiger partial charge in [0.25, 0.3) is 15.9 Å². The van der Waals surface area contributed by atoms with Crippen LogP contribution < -0.4 is 14.9 Å². The lowest BCUT2D eigenvalue weighted by Gasteiger charge is -2.13. The Morgan fingerprint density at radius 1 is 1.19 bits per heavy atom. The van der Waals surface area contributed by atoms with E-state index < -0.39 is 10.0 Å². The van der Waals surface area contributed by atoms with Crippen LogP contribution in [0.25, 0.3) is 10.2 Å². The van der Waals surface area contributed by atoms with E-state index in [0.29, 0.717) is 29.8 Å².